The predicted octanol–water partition coefficient (Wildman–Crippen LogP) is -0.929. The van der Waals surface area contributed by atoms with E-state index in [0.29, 0.717) is 6.20 Å². The summed E-state index contributed by atoms with van der Waals surface area (Å²) in [5.41, 5.74) is -1.26. The Morgan fingerprint density at radius 3 is 2.78 bits per heavy atom. The minimum atomic E-state index is -5.17. The highest BCUT2D eigenvalue weighted by molar-refractivity contribution is 7.71. The summed E-state index contributed by atoms with van der Waals surface area (Å²) >= 11 is 4.45. The van der Waals surface area contributed by atoms with Gasteiger partial charge in [0.2, 0.25) is 0 Å². The van der Waals surface area contributed by atoms with Crippen molar-refractivity contribution in [3.8, 4) is 0 Å². The highest BCUT2D eigenvalue weighted by atomic mass is 32.1. The van der Waals surface area contributed by atoms with Gasteiger partial charge in [0.15, 0.2) is 12.0 Å². The highest BCUT2D eigenvalue weighted by Gasteiger charge is 2.57. The van der Waals surface area contributed by atoms with Crippen LogP contribution in [0.1, 0.15) is 7.57 Å². The van der Waals surface area contributed by atoms with Crippen molar-refractivity contribution in [3.05, 3.63) is 27.1 Å². The lowest BCUT2D eigenvalue weighted by molar-refractivity contribution is -0.205. The van der Waals surface area contributed by atoms with E-state index in [-0.39, 0.29) is 4.57 Å². The van der Waals surface area contributed by atoms with Crippen LogP contribution < -0.4 is 5.69 Å². The monoisotopic (exact) mass is 377 g/mol. The molecule has 4 atom stereocenters. The van der Waals surface area contributed by atoms with Gasteiger partial charge >= 0.3 is 13.5 Å². The van der Waals surface area contributed by atoms with Crippen LogP contribution in [0.5, 0.6) is 0 Å². The molecule has 0 unspecified atom stereocenters. The zero-order chi connectivity index (χ0) is 18.5. The summed E-state index contributed by atoms with van der Waals surface area (Å²) in [7, 11) is -5.17. The van der Waals surface area contributed by atoms with E-state index in [1.165, 1.54) is 0 Å². The Kier molecular flexibility index (Phi) is 4.46. The molecule has 0 aromatic carbocycles. The van der Waals surface area contributed by atoms with Gasteiger partial charge in [0.25, 0.3) is 5.85 Å². The van der Waals surface area contributed by atoms with E-state index in [1.807, 2.05) is 0 Å². The standard InChI is InChI=1S/C9H11F2N2O8PS/c10-3-1-13(8(16)12-6(3)23)7-4(14)5(15)9(11,21-7)2-20-22(17,18)19/h1,4-5,7,14-15H,2H2,(H,12,16,23)(H2,17,18,19)/t4-,5+,7-,9-/m1/s1/i7D. The third-order valence-electron chi connectivity index (χ3n) is 2.83. The average molecular weight is 377 g/mol. The number of rotatable bonds is 4. The number of nitrogens with one attached hydrogen (secondary N) is 1. The molecule has 1 aromatic rings. The Balaban J connectivity index is 2.45. The van der Waals surface area contributed by atoms with E-state index in [0.717, 1.165) is 0 Å². The lowest BCUT2D eigenvalue weighted by Crippen LogP contribution is -2.42. The number of hydrogen-bond acceptors (Lipinski definition) is 7. The fraction of sp³-hybridized carbons (Fsp3) is 0.556. The molecule has 1 aliphatic rings. The number of phosphoric ester groups is 1. The molecule has 0 aliphatic carbocycles. The Hall–Kier alpha value is -1.05. The van der Waals surface area contributed by atoms with E-state index in [2.05, 4.69) is 21.5 Å². The second-order valence-electron chi connectivity index (χ2n) is 4.49. The van der Waals surface area contributed by atoms with Crippen LogP contribution in [-0.2, 0) is 13.8 Å². The van der Waals surface area contributed by atoms with Gasteiger partial charge in [-0.05, 0) is 0 Å². The van der Waals surface area contributed by atoms with E-state index in [9.17, 15) is 28.4 Å². The highest BCUT2D eigenvalue weighted by Crippen LogP contribution is 2.43. The minimum absolute atomic E-state index is 0.0881. The van der Waals surface area contributed by atoms with Crippen molar-refractivity contribution in [3.63, 3.8) is 0 Å². The number of hydrogen-bond donors (Lipinski definition) is 5. The average Bonchev–Trinajstić information content (AvgIpc) is 2.62. The molecular weight excluding hydrogens is 365 g/mol. The first-order valence-corrected chi connectivity index (χ1v) is 7.71. The Morgan fingerprint density at radius 2 is 2.22 bits per heavy atom. The first-order chi connectivity index (χ1) is 10.8. The maximum atomic E-state index is 14.5. The van der Waals surface area contributed by atoms with Gasteiger partial charge in [-0.3, -0.25) is 14.1 Å². The molecule has 130 valence electrons. The zero-order valence-electron chi connectivity index (χ0n) is 11.9. The van der Waals surface area contributed by atoms with Gasteiger partial charge in [-0.1, -0.05) is 12.2 Å². The first kappa shape index (κ1) is 16.8. The number of aliphatic hydroxyl groups is 2. The van der Waals surface area contributed by atoms with Crippen molar-refractivity contribution >= 4 is 20.0 Å². The predicted molar refractivity (Wildman–Crippen MR) is 69.8 cm³/mol. The molecule has 2 rings (SSSR count). The van der Waals surface area contributed by atoms with Crippen molar-refractivity contribution in [2.45, 2.75) is 24.3 Å². The molecule has 2 heterocycles. The molecule has 0 spiro atoms. The lowest BCUT2D eigenvalue weighted by atomic mass is 10.1. The van der Waals surface area contributed by atoms with Crippen molar-refractivity contribution in [2.75, 3.05) is 6.61 Å². The number of nitrogens with zero attached hydrogens (tertiary/aromatic N) is 1. The number of aliphatic hydroxyl groups excluding tert-OH is 2. The summed E-state index contributed by atoms with van der Waals surface area (Å²) in [6.07, 6.45) is -7.70. The topological polar surface area (TPSA) is 154 Å². The summed E-state index contributed by atoms with van der Waals surface area (Å²) in [4.78, 5) is 30.7. The molecule has 10 nitrogen and oxygen atoms in total. The van der Waals surface area contributed by atoms with Gasteiger partial charge < -0.3 is 24.7 Å². The molecule has 0 radical (unpaired) electrons. The number of aromatic amines is 1. The number of H-pyrrole nitrogens is 1. The van der Waals surface area contributed by atoms with Crippen LogP contribution in [0.15, 0.2) is 11.0 Å². The van der Waals surface area contributed by atoms with Crippen LogP contribution >= 0.6 is 20.0 Å². The largest absolute Gasteiger partial charge is 0.469 e. The van der Waals surface area contributed by atoms with Crippen LogP contribution in [0.4, 0.5) is 8.78 Å². The van der Waals surface area contributed by atoms with Crippen LogP contribution in [0, 0.1) is 10.5 Å². The minimum Gasteiger partial charge on any atom is -0.385 e. The molecule has 1 saturated heterocycles. The van der Waals surface area contributed by atoms with Gasteiger partial charge in [0.05, 0.1) is 7.57 Å². The van der Waals surface area contributed by atoms with E-state index in [4.69, 9.17) is 11.2 Å². The zero-order valence-corrected chi connectivity index (χ0v) is 12.6. The molecule has 14 heteroatoms. The Morgan fingerprint density at radius 1 is 1.61 bits per heavy atom. The number of alkyl halides is 1. The third kappa shape index (κ3) is 3.72. The summed E-state index contributed by atoms with van der Waals surface area (Å²) in [5.74, 6) is -4.67. The summed E-state index contributed by atoms with van der Waals surface area (Å²) in [5, 5.41) is 19.5. The van der Waals surface area contributed by atoms with Crippen LogP contribution in [-0.4, -0.2) is 54.2 Å². The maximum Gasteiger partial charge on any atom is 0.469 e. The van der Waals surface area contributed by atoms with Crippen molar-refractivity contribution in [1.82, 2.24) is 9.55 Å². The van der Waals surface area contributed by atoms with Crippen molar-refractivity contribution < 1.29 is 44.0 Å². The summed E-state index contributed by atoms with van der Waals surface area (Å²) < 4.78 is 54.3. The van der Waals surface area contributed by atoms with E-state index >= 15 is 0 Å². The van der Waals surface area contributed by atoms with Crippen LogP contribution in [0.25, 0.3) is 0 Å². The third-order valence-corrected chi connectivity index (χ3v) is 3.60. The van der Waals surface area contributed by atoms with Crippen LogP contribution in [0.3, 0.4) is 0 Å². The summed E-state index contributed by atoms with van der Waals surface area (Å²) in [6.45, 7) is -1.57. The van der Waals surface area contributed by atoms with Gasteiger partial charge in [-0.15, -0.1) is 0 Å². The fourth-order valence-electron chi connectivity index (χ4n) is 1.76. The normalized spacial score (nSPS) is 35.3. The number of phosphoric acid groups is 1. The first-order valence-electron chi connectivity index (χ1n) is 6.27. The van der Waals surface area contributed by atoms with E-state index < -0.39 is 54.8 Å². The molecule has 0 bridgehead atoms. The number of halogens is 2. The number of ether oxygens (including phenoxy) is 1. The fourth-order valence-corrected chi connectivity index (χ4v) is 2.24. The molecular formula is C9H11F2N2O8PS. The van der Waals surface area contributed by atoms with Crippen LogP contribution in [0.2, 0.25) is 0 Å². The lowest BCUT2D eigenvalue weighted by Gasteiger charge is -2.22. The van der Waals surface area contributed by atoms with Crippen molar-refractivity contribution in [1.29, 1.82) is 0 Å². The molecule has 1 fully saturated rings. The van der Waals surface area contributed by atoms with Gasteiger partial charge in [-0.2, -0.15) is 0 Å². The smallest absolute Gasteiger partial charge is 0.385 e. The summed E-state index contributed by atoms with van der Waals surface area (Å²) in [6, 6.07) is 0. The second kappa shape index (κ2) is 6.11. The van der Waals surface area contributed by atoms with E-state index in [1.54, 1.807) is 4.98 Å². The Labute approximate surface area is 132 Å². The molecule has 0 saturated carbocycles. The van der Waals surface area contributed by atoms with Gasteiger partial charge in [0, 0.05) is 0 Å². The number of aromatic nitrogens is 2. The van der Waals surface area contributed by atoms with Gasteiger partial charge in [0.1, 0.15) is 23.5 Å². The molecule has 1 aromatic heterocycles. The Bertz CT molecular complexity index is 815. The van der Waals surface area contributed by atoms with Crippen molar-refractivity contribution in [2.24, 2.45) is 0 Å². The quantitative estimate of drug-likeness (QED) is 0.331. The maximum absolute atomic E-state index is 14.5. The molecule has 5 N–H and O–H groups in total. The molecule has 0 amide bonds. The SMILES string of the molecule is [2H][C@@]1(n2cc(F)c(=S)[nH]c2=O)O[C@](F)(COP(=O)(O)O)[C@@H](O)[C@H]1O. The molecule has 23 heavy (non-hydrogen) atoms. The van der Waals surface area contributed by atoms with Gasteiger partial charge in [-0.25, -0.2) is 18.1 Å². The molecule has 1 aliphatic heterocycles. The second-order valence-corrected chi connectivity index (χ2v) is 6.13.